The molecule has 0 atom stereocenters. The predicted molar refractivity (Wildman–Crippen MR) is 104 cm³/mol. The molecule has 0 aliphatic heterocycles. The Bertz CT molecular complexity index is 1020. The molecule has 2 aromatic heterocycles. The summed E-state index contributed by atoms with van der Waals surface area (Å²) in [6.07, 6.45) is 2.21. The van der Waals surface area contributed by atoms with Crippen molar-refractivity contribution in [3.8, 4) is 10.6 Å². The maximum atomic E-state index is 12.6. The summed E-state index contributed by atoms with van der Waals surface area (Å²) in [5.41, 5.74) is 1.65. The van der Waals surface area contributed by atoms with Crippen molar-refractivity contribution in [3.05, 3.63) is 50.5 Å². The lowest BCUT2D eigenvalue weighted by molar-refractivity contribution is 0.0952. The topological polar surface area (TPSA) is 75.6 Å². The van der Waals surface area contributed by atoms with Gasteiger partial charge in [-0.1, -0.05) is 23.7 Å². The van der Waals surface area contributed by atoms with Crippen LogP contribution in [0.1, 0.15) is 40.1 Å². The van der Waals surface area contributed by atoms with Crippen LogP contribution in [0.5, 0.6) is 0 Å². The molecular weight excluding hydrogens is 390 g/mol. The van der Waals surface area contributed by atoms with Crippen molar-refractivity contribution in [1.29, 1.82) is 0 Å². The van der Waals surface area contributed by atoms with Gasteiger partial charge in [-0.25, -0.2) is 4.98 Å². The number of nitrogens with one attached hydrogen (secondary N) is 2. The van der Waals surface area contributed by atoms with E-state index in [-0.39, 0.29) is 5.91 Å². The number of aromatic nitrogens is 4. The van der Waals surface area contributed by atoms with Crippen molar-refractivity contribution < 1.29 is 4.79 Å². The number of rotatable bonds is 5. The molecule has 1 saturated carbocycles. The van der Waals surface area contributed by atoms with Gasteiger partial charge >= 0.3 is 0 Å². The van der Waals surface area contributed by atoms with E-state index in [1.165, 1.54) is 11.3 Å². The first-order chi connectivity index (χ1) is 12.5. The predicted octanol–water partition coefficient (Wildman–Crippen LogP) is 4.29. The Labute approximate surface area is 164 Å². The number of benzene rings is 1. The van der Waals surface area contributed by atoms with Crippen molar-refractivity contribution in [3.63, 3.8) is 0 Å². The standard InChI is InChI=1S/C17H16ClN5OS2/c1-9-14(26-16(20-9)10-2-4-11(18)5-3-10)15(24)19-8-13-21-22-17(25)23(13)12-6-7-12/h2-5,12H,6-8H2,1H3,(H,19,24)(H,22,25). The second-order valence-electron chi connectivity index (χ2n) is 6.17. The minimum atomic E-state index is -0.156. The van der Waals surface area contributed by atoms with E-state index in [0.717, 1.165) is 29.2 Å². The van der Waals surface area contributed by atoms with Crippen LogP contribution in [0.4, 0.5) is 0 Å². The Kier molecular flexibility index (Phi) is 4.64. The van der Waals surface area contributed by atoms with E-state index in [4.69, 9.17) is 23.8 Å². The van der Waals surface area contributed by atoms with Gasteiger partial charge in [0.1, 0.15) is 9.88 Å². The van der Waals surface area contributed by atoms with Gasteiger partial charge in [-0.3, -0.25) is 14.5 Å². The lowest BCUT2D eigenvalue weighted by Crippen LogP contribution is -2.24. The first kappa shape index (κ1) is 17.4. The van der Waals surface area contributed by atoms with Crippen LogP contribution in [0.15, 0.2) is 24.3 Å². The third-order valence-corrected chi connectivity index (χ3v) is 5.94. The summed E-state index contributed by atoms with van der Waals surface area (Å²) in [7, 11) is 0. The van der Waals surface area contributed by atoms with Crippen LogP contribution in [0, 0.1) is 11.7 Å². The van der Waals surface area contributed by atoms with Crippen LogP contribution in [-0.2, 0) is 6.54 Å². The molecule has 0 saturated heterocycles. The fourth-order valence-corrected chi connectivity index (χ4v) is 4.15. The Morgan fingerprint density at radius 1 is 1.42 bits per heavy atom. The largest absolute Gasteiger partial charge is 0.344 e. The molecule has 2 N–H and O–H groups in total. The van der Waals surface area contributed by atoms with E-state index in [0.29, 0.717) is 33.0 Å². The second kappa shape index (κ2) is 6.94. The van der Waals surface area contributed by atoms with Gasteiger partial charge in [0.15, 0.2) is 10.6 Å². The van der Waals surface area contributed by atoms with Gasteiger partial charge in [0.25, 0.3) is 5.91 Å². The van der Waals surface area contributed by atoms with E-state index in [9.17, 15) is 4.79 Å². The van der Waals surface area contributed by atoms with Crippen LogP contribution >= 0.6 is 35.2 Å². The number of hydrogen-bond donors (Lipinski definition) is 2. The van der Waals surface area contributed by atoms with Crippen molar-refractivity contribution in [1.82, 2.24) is 25.1 Å². The van der Waals surface area contributed by atoms with E-state index >= 15 is 0 Å². The maximum absolute atomic E-state index is 12.6. The Hall–Kier alpha value is -2.03. The first-order valence-corrected chi connectivity index (χ1v) is 9.80. The van der Waals surface area contributed by atoms with E-state index in [2.05, 4.69) is 20.5 Å². The number of carbonyl (C=O) groups excluding carboxylic acids is 1. The zero-order valence-corrected chi connectivity index (χ0v) is 16.3. The van der Waals surface area contributed by atoms with Crippen molar-refractivity contribution in [2.75, 3.05) is 0 Å². The molecule has 9 heteroatoms. The van der Waals surface area contributed by atoms with Gasteiger partial charge in [-0.15, -0.1) is 11.3 Å². The smallest absolute Gasteiger partial charge is 0.263 e. The number of aryl methyl sites for hydroxylation is 1. The summed E-state index contributed by atoms with van der Waals surface area (Å²) < 4.78 is 2.60. The molecule has 0 spiro atoms. The molecule has 1 aliphatic rings. The van der Waals surface area contributed by atoms with Crippen LogP contribution in [0.2, 0.25) is 5.02 Å². The van der Waals surface area contributed by atoms with Crippen molar-refractivity contribution in [2.24, 2.45) is 0 Å². The average molecular weight is 406 g/mol. The van der Waals surface area contributed by atoms with E-state index < -0.39 is 0 Å². The highest BCUT2D eigenvalue weighted by Crippen LogP contribution is 2.35. The quantitative estimate of drug-likeness (QED) is 0.621. The molecule has 0 bridgehead atoms. The molecule has 134 valence electrons. The number of thiazole rings is 1. The molecule has 1 aromatic carbocycles. The number of H-pyrrole nitrogens is 1. The minimum absolute atomic E-state index is 0.156. The molecule has 1 amide bonds. The average Bonchev–Trinajstić information content (AvgIpc) is 3.28. The fraction of sp³-hybridized carbons (Fsp3) is 0.294. The summed E-state index contributed by atoms with van der Waals surface area (Å²) in [6.45, 7) is 2.17. The van der Waals surface area contributed by atoms with Gasteiger partial charge in [-0.2, -0.15) is 5.10 Å². The third-order valence-electron chi connectivity index (χ3n) is 4.19. The molecule has 26 heavy (non-hydrogen) atoms. The number of carbonyl (C=O) groups is 1. The number of nitrogens with zero attached hydrogens (tertiary/aromatic N) is 3. The highest BCUT2D eigenvalue weighted by Gasteiger charge is 2.27. The summed E-state index contributed by atoms with van der Waals surface area (Å²) >= 11 is 12.6. The zero-order valence-electron chi connectivity index (χ0n) is 14.0. The lowest BCUT2D eigenvalue weighted by atomic mass is 10.2. The van der Waals surface area contributed by atoms with Crippen LogP contribution in [-0.4, -0.2) is 25.7 Å². The van der Waals surface area contributed by atoms with Gasteiger partial charge in [0, 0.05) is 16.6 Å². The number of halogens is 1. The molecule has 1 aliphatic carbocycles. The maximum Gasteiger partial charge on any atom is 0.263 e. The fourth-order valence-electron chi connectivity index (χ4n) is 2.73. The number of aromatic amines is 1. The summed E-state index contributed by atoms with van der Waals surface area (Å²) in [6, 6.07) is 7.84. The van der Waals surface area contributed by atoms with Crippen molar-refractivity contribution in [2.45, 2.75) is 32.4 Å². The molecule has 0 radical (unpaired) electrons. The van der Waals surface area contributed by atoms with Gasteiger partial charge in [0.2, 0.25) is 0 Å². The number of hydrogen-bond acceptors (Lipinski definition) is 5. The molecule has 4 rings (SSSR count). The first-order valence-electron chi connectivity index (χ1n) is 8.20. The molecule has 0 unspecified atom stereocenters. The van der Waals surface area contributed by atoms with Crippen LogP contribution in [0.3, 0.4) is 0 Å². The summed E-state index contributed by atoms with van der Waals surface area (Å²) in [4.78, 5) is 17.7. The Morgan fingerprint density at radius 2 is 2.15 bits per heavy atom. The summed E-state index contributed by atoms with van der Waals surface area (Å²) in [5.74, 6) is 0.599. The minimum Gasteiger partial charge on any atom is -0.344 e. The molecule has 6 nitrogen and oxygen atoms in total. The molecule has 2 heterocycles. The normalized spacial score (nSPS) is 13.8. The monoisotopic (exact) mass is 405 g/mol. The molecule has 1 fully saturated rings. The lowest BCUT2D eigenvalue weighted by Gasteiger charge is -2.06. The summed E-state index contributed by atoms with van der Waals surface area (Å²) in [5, 5.41) is 11.4. The van der Waals surface area contributed by atoms with Crippen LogP contribution < -0.4 is 5.32 Å². The Balaban J connectivity index is 1.50. The van der Waals surface area contributed by atoms with Gasteiger partial charge in [-0.05, 0) is 44.1 Å². The highest BCUT2D eigenvalue weighted by molar-refractivity contribution is 7.71. The third kappa shape index (κ3) is 3.44. The van der Waals surface area contributed by atoms with Crippen molar-refractivity contribution >= 4 is 41.1 Å². The second-order valence-corrected chi connectivity index (χ2v) is 7.99. The SMILES string of the molecule is Cc1nc(-c2ccc(Cl)cc2)sc1C(=O)NCc1n[nH]c(=S)n1C1CC1. The van der Waals surface area contributed by atoms with E-state index in [1.807, 2.05) is 35.8 Å². The van der Waals surface area contributed by atoms with Gasteiger partial charge in [0.05, 0.1) is 12.2 Å². The molecular formula is C17H16ClN5OS2. The van der Waals surface area contributed by atoms with Crippen LogP contribution in [0.25, 0.3) is 10.6 Å². The zero-order chi connectivity index (χ0) is 18.3. The highest BCUT2D eigenvalue weighted by atomic mass is 35.5. The molecule has 3 aromatic rings. The number of amides is 1. The Morgan fingerprint density at radius 3 is 2.85 bits per heavy atom. The van der Waals surface area contributed by atoms with E-state index in [1.54, 1.807) is 0 Å². The van der Waals surface area contributed by atoms with Gasteiger partial charge < -0.3 is 5.32 Å².